The number of hydrogen-bond donors (Lipinski definition) is 1. The molecule has 7 heteroatoms. The molecule has 0 aliphatic heterocycles. The lowest BCUT2D eigenvalue weighted by atomic mass is 10.1. The molecule has 29 heavy (non-hydrogen) atoms. The van der Waals surface area contributed by atoms with Crippen molar-refractivity contribution < 1.29 is 23.8 Å². The van der Waals surface area contributed by atoms with Gasteiger partial charge in [-0.25, -0.2) is 4.79 Å². The number of amides is 1. The molecule has 2 aromatic carbocycles. The summed E-state index contributed by atoms with van der Waals surface area (Å²) in [5, 5.41) is 3.48. The van der Waals surface area contributed by atoms with E-state index in [1.54, 1.807) is 36.5 Å². The summed E-state index contributed by atoms with van der Waals surface area (Å²) in [7, 11) is 0. The number of ether oxygens (including phenoxy) is 3. The second-order valence-electron chi connectivity index (χ2n) is 6.06. The van der Waals surface area contributed by atoms with E-state index < -0.39 is 11.9 Å². The minimum atomic E-state index is -0.588. The quantitative estimate of drug-likeness (QED) is 0.444. The number of hydrogen-bond acceptors (Lipinski definition) is 6. The van der Waals surface area contributed by atoms with Crippen molar-refractivity contribution in [2.45, 2.75) is 6.92 Å². The van der Waals surface area contributed by atoms with E-state index in [0.717, 1.165) is 11.1 Å². The zero-order valence-electron chi connectivity index (χ0n) is 16.1. The third-order valence-corrected chi connectivity index (χ3v) is 4.01. The molecule has 0 spiro atoms. The summed E-state index contributed by atoms with van der Waals surface area (Å²) >= 11 is 0. The fourth-order valence-electron chi connectivity index (χ4n) is 2.69. The molecule has 1 N–H and O–H groups in total. The van der Waals surface area contributed by atoms with Crippen LogP contribution in [0.4, 0.5) is 0 Å². The lowest BCUT2D eigenvalue weighted by molar-refractivity contribution is -0.124. The Morgan fingerprint density at radius 2 is 1.69 bits per heavy atom. The maximum Gasteiger partial charge on any atom is 0.340 e. The lowest BCUT2D eigenvalue weighted by Gasteiger charge is -2.09. The summed E-state index contributed by atoms with van der Waals surface area (Å²) in [6, 6.07) is 16.1. The fraction of sp³-hybridized carbons (Fsp3) is 0.227. The van der Waals surface area contributed by atoms with Crippen molar-refractivity contribution in [3.8, 4) is 11.5 Å². The van der Waals surface area contributed by atoms with Gasteiger partial charge in [-0.1, -0.05) is 18.2 Å². The molecule has 150 valence electrons. The van der Waals surface area contributed by atoms with Gasteiger partial charge in [0.05, 0.1) is 24.2 Å². The summed E-state index contributed by atoms with van der Waals surface area (Å²) in [6.45, 7) is 2.74. The van der Waals surface area contributed by atoms with Gasteiger partial charge in [0.15, 0.2) is 6.61 Å². The number of para-hydroxylation sites is 1. The predicted octanol–water partition coefficient (Wildman–Crippen LogP) is 2.99. The molecule has 7 nitrogen and oxygen atoms in total. The average molecular weight is 394 g/mol. The van der Waals surface area contributed by atoms with Crippen molar-refractivity contribution in [2.75, 3.05) is 26.4 Å². The molecule has 1 amide bonds. The van der Waals surface area contributed by atoms with Crippen LogP contribution >= 0.6 is 0 Å². The Kier molecular flexibility index (Phi) is 7.00. The smallest absolute Gasteiger partial charge is 0.340 e. The Balaban J connectivity index is 1.40. The van der Waals surface area contributed by atoms with Crippen LogP contribution in [-0.4, -0.2) is 43.2 Å². The highest BCUT2D eigenvalue weighted by Gasteiger charge is 2.14. The molecule has 0 unspecified atom stereocenters. The van der Waals surface area contributed by atoms with Crippen LogP contribution in [0, 0.1) is 0 Å². The molecular formula is C22H22N2O5. The van der Waals surface area contributed by atoms with Gasteiger partial charge in [-0.3, -0.25) is 9.78 Å². The van der Waals surface area contributed by atoms with Crippen LogP contribution in [0.1, 0.15) is 17.3 Å². The Bertz CT molecular complexity index is 967. The van der Waals surface area contributed by atoms with Crippen LogP contribution in [0.15, 0.2) is 60.8 Å². The van der Waals surface area contributed by atoms with Crippen LogP contribution < -0.4 is 14.8 Å². The van der Waals surface area contributed by atoms with Crippen molar-refractivity contribution in [1.82, 2.24) is 10.3 Å². The van der Waals surface area contributed by atoms with Gasteiger partial charge in [0, 0.05) is 11.6 Å². The number of nitrogens with one attached hydrogen (secondary N) is 1. The standard InChI is InChI=1S/C22H22N2O5/c1-2-27-17-8-10-18(11-9-17)28-14-13-23-20(25)15-29-22(26)19-7-3-5-16-6-4-12-24-21(16)19/h3-12H,2,13-15H2,1H3,(H,23,25). The maximum absolute atomic E-state index is 12.3. The van der Waals surface area contributed by atoms with Crippen LogP contribution in [-0.2, 0) is 9.53 Å². The first kappa shape index (κ1) is 20.1. The van der Waals surface area contributed by atoms with Gasteiger partial charge in [0.25, 0.3) is 5.91 Å². The minimum Gasteiger partial charge on any atom is -0.494 e. The number of pyridine rings is 1. The number of fused-ring (bicyclic) bond motifs is 1. The SMILES string of the molecule is CCOc1ccc(OCCNC(=O)COC(=O)c2cccc3cccnc23)cc1. The molecule has 0 saturated carbocycles. The molecule has 3 rings (SSSR count). The first-order valence-corrected chi connectivity index (χ1v) is 9.30. The molecule has 0 fully saturated rings. The number of esters is 1. The van der Waals surface area contributed by atoms with Gasteiger partial charge in [-0.05, 0) is 43.3 Å². The van der Waals surface area contributed by atoms with Gasteiger partial charge in [-0.2, -0.15) is 0 Å². The normalized spacial score (nSPS) is 10.4. The fourth-order valence-corrected chi connectivity index (χ4v) is 2.69. The number of carbonyl (C=O) groups excluding carboxylic acids is 2. The van der Waals surface area contributed by atoms with Gasteiger partial charge in [0.2, 0.25) is 0 Å². The minimum absolute atomic E-state index is 0.291. The second kappa shape index (κ2) is 10.1. The Morgan fingerprint density at radius 1 is 0.966 bits per heavy atom. The van der Waals surface area contributed by atoms with Gasteiger partial charge in [-0.15, -0.1) is 0 Å². The van der Waals surface area contributed by atoms with Gasteiger partial charge in [0.1, 0.15) is 18.1 Å². The molecule has 0 bridgehead atoms. The summed E-state index contributed by atoms with van der Waals surface area (Å²) < 4.78 is 16.0. The summed E-state index contributed by atoms with van der Waals surface area (Å²) in [4.78, 5) is 28.4. The summed E-state index contributed by atoms with van der Waals surface area (Å²) in [5.41, 5.74) is 0.874. The van der Waals surface area contributed by atoms with Crippen molar-refractivity contribution in [2.24, 2.45) is 0 Å². The Morgan fingerprint density at radius 3 is 2.45 bits per heavy atom. The molecule has 1 aromatic heterocycles. The number of rotatable bonds is 9. The van der Waals surface area contributed by atoms with E-state index in [9.17, 15) is 9.59 Å². The van der Waals surface area contributed by atoms with Crippen LogP contribution in [0.3, 0.4) is 0 Å². The van der Waals surface area contributed by atoms with E-state index in [4.69, 9.17) is 14.2 Å². The van der Waals surface area contributed by atoms with Crippen molar-refractivity contribution in [3.05, 3.63) is 66.4 Å². The number of aromatic nitrogens is 1. The molecule has 3 aromatic rings. The van der Waals surface area contributed by atoms with Crippen molar-refractivity contribution >= 4 is 22.8 Å². The number of benzene rings is 2. The molecule has 0 aliphatic carbocycles. The number of nitrogens with zero attached hydrogens (tertiary/aromatic N) is 1. The van der Waals surface area contributed by atoms with Gasteiger partial charge >= 0.3 is 5.97 Å². The largest absolute Gasteiger partial charge is 0.494 e. The molecule has 0 atom stereocenters. The summed E-state index contributed by atoms with van der Waals surface area (Å²) in [6.07, 6.45) is 1.61. The second-order valence-corrected chi connectivity index (χ2v) is 6.06. The Labute approximate surface area is 168 Å². The topological polar surface area (TPSA) is 86.8 Å². The van der Waals surface area contributed by atoms with Crippen molar-refractivity contribution in [1.29, 1.82) is 0 Å². The highest BCUT2D eigenvalue weighted by molar-refractivity contribution is 6.03. The zero-order chi connectivity index (χ0) is 20.5. The van der Waals surface area contributed by atoms with E-state index in [1.807, 2.05) is 31.2 Å². The Hall–Kier alpha value is -3.61. The first-order valence-electron chi connectivity index (χ1n) is 9.30. The lowest BCUT2D eigenvalue weighted by Crippen LogP contribution is -2.32. The van der Waals surface area contributed by atoms with E-state index >= 15 is 0 Å². The highest BCUT2D eigenvalue weighted by Crippen LogP contribution is 2.18. The number of carbonyl (C=O) groups is 2. The average Bonchev–Trinajstić information content (AvgIpc) is 2.76. The maximum atomic E-state index is 12.3. The van der Waals surface area contributed by atoms with E-state index in [-0.39, 0.29) is 6.61 Å². The van der Waals surface area contributed by atoms with Gasteiger partial charge < -0.3 is 19.5 Å². The molecule has 0 aliphatic rings. The third-order valence-electron chi connectivity index (χ3n) is 4.01. The van der Waals surface area contributed by atoms with E-state index in [1.165, 1.54) is 0 Å². The highest BCUT2D eigenvalue weighted by atomic mass is 16.5. The molecule has 0 saturated heterocycles. The van der Waals surface area contributed by atoms with Crippen molar-refractivity contribution in [3.63, 3.8) is 0 Å². The van der Waals surface area contributed by atoms with E-state index in [2.05, 4.69) is 10.3 Å². The zero-order valence-corrected chi connectivity index (χ0v) is 16.1. The monoisotopic (exact) mass is 394 g/mol. The van der Waals surface area contributed by atoms with Crippen LogP contribution in [0.25, 0.3) is 10.9 Å². The third kappa shape index (κ3) is 5.68. The molecule has 1 heterocycles. The van der Waals surface area contributed by atoms with E-state index in [0.29, 0.717) is 36.6 Å². The molecular weight excluding hydrogens is 372 g/mol. The van der Waals surface area contributed by atoms with Crippen LogP contribution in [0.2, 0.25) is 0 Å². The first-order chi connectivity index (χ1) is 14.2. The predicted molar refractivity (Wildman–Crippen MR) is 108 cm³/mol. The van der Waals surface area contributed by atoms with Crippen LogP contribution in [0.5, 0.6) is 11.5 Å². The molecule has 0 radical (unpaired) electrons. The summed E-state index contributed by atoms with van der Waals surface area (Å²) in [5.74, 6) is 0.464.